The predicted molar refractivity (Wildman–Crippen MR) is 134 cm³/mol. The van der Waals surface area contributed by atoms with Gasteiger partial charge in [0.05, 0.1) is 25.8 Å². The predicted octanol–water partition coefficient (Wildman–Crippen LogP) is 6.00. The van der Waals surface area contributed by atoms with Crippen LogP contribution in [-0.2, 0) is 0 Å². The third kappa shape index (κ3) is 4.89. The number of urea groups is 1. The molecule has 0 bridgehead atoms. The van der Waals surface area contributed by atoms with Gasteiger partial charge in [0.2, 0.25) is 0 Å². The molecule has 4 aromatic rings. The van der Waals surface area contributed by atoms with Crippen LogP contribution in [0.3, 0.4) is 0 Å². The molecule has 34 heavy (non-hydrogen) atoms. The minimum absolute atomic E-state index is 0.181. The molecule has 176 valence electrons. The number of anilines is 1. The van der Waals surface area contributed by atoms with Gasteiger partial charge in [0.25, 0.3) is 0 Å². The van der Waals surface area contributed by atoms with E-state index in [4.69, 9.17) is 14.2 Å². The van der Waals surface area contributed by atoms with E-state index >= 15 is 0 Å². The van der Waals surface area contributed by atoms with E-state index in [1.807, 2.05) is 56.5 Å². The van der Waals surface area contributed by atoms with Gasteiger partial charge in [-0.1, -0.05) is 0 Å². The summed E-state index contributed by atoms with van der Waals surface area (Å²) in [6.07, 6.45) is 3.41. The van der Waals surface area contributed by atoms with E-state index in [9.17, 15) is 4.79 Å². The lowest BCUT2D eigenvalue weighted by Crippen LogP contribution is -2.31. The van der Waals surface area contributed by atoms with Crippen LogP contribution in [0.2, 0.25) is 0 Å². The van der Waals surface area contributed by atoms with Gasteiger partial charge < -0.3 is 24.8 Å². The fourth-order valence-corrected chi connectivity index (χ4v) is 4.20. The second-order valence-corrected chi connectivity index (χ2v) is 8.68. The van der Waals surface area contributed by atoms with E-state index < -0.39 is 0 Å². The lowest BCUT2D eigenvalue weighted by atomic mass is 10.1. The second-order valence-electron chi connectivity index (χ2n) is 7.76. The van der Waals surface area contributed by atoms with Crippen LogP contribution in [0.15, 0.2) is 48.1 Å². The Bertz CT molecular complexity index is 1320. The van der Waals surface area contributed by atoms with Gasteiger partial charge in [0, 0.05) is 34.9 Å². The number of hydrogen-bond donors (Lipinski definition) is 2. The van der Waals surface area contributed by atoms with Gasteiger partial charge in [-0.3, -0.25) is 4.98 Å². The van der Waals surface area contributed by atoms with E-state index in [1.165, 1.54) is 11.3 Å². The summed E-state index contributed by atoms with van der Waals surface area (Å²) in [6.45, 7) is 5.75. The highest BCUT2D eigenvalue weighted by molar-refractivity contribution is 7.09. The molecule has 0 spiro atoms. The van der Waals surface area contributed by atoms with Crippen molar-refractivity contribution >= 4 is 34.0 Å². The zero-order chi connectivity index (χ0) is 24.2. The lowest BCUT2D eigenvalue weighted by Gasteiger charge is -2.17. The highest BCUT2D eigenvalue weighted by Crippen LogP contribution is 2.38. The average Bonchev–Trinajstić information content (AvgIpc) is 3.36. The Balaban J connectivity index is 1.55. The van der Waals surface area contributed by atoms with E-state index in [0.29, 0.717) is 28.7 Å². The molecule has 2 aromatic heterocycles. The average molecular weight is 479 g/mol. The van der Waals surface area contributed by atoms with Crippen LogP contribution in [0.25, 0.3) is 10.9 Å². The third-order valence-electron chi connectivity index (χ3n) is 5.37. The summed E-state index contributed by atoms with van der Waals surface area (Å²) in [5.41, 5.74) is 3.18. The largest absolute Gasteiger partial charge is 0.493 e. The Morgan fingerprint density at radius 3 is 2.41 bits per heavy atom. The Morgan fingerprint density at radius 2 is 1.71 bits per heavy atom. The summed E-state index contributed by atoms with van der Waals surface area (Å²) < 4.78 is 17.1. The molecule has 0 radical (unpaired) electrons. The van der Waals surface area contributed by atoms with Crippen molar-refractivity contribution in [1.29, 1.82) is 0 Å². The molecule has 2 amide bonds. The first kappa shape index (κ1) is 23.3. The molecule has 8 nitrogen and oxygen atoms in total. The fourth-order valence-electron chi connectivity index (χ4n) is 3.55. The minimum atomic E-state index is -0.292. The maximum absolute atomic E-state index is 12.5. The number of rotatable bonds is 7. The van der Waals surface area contributed by atoms with E-state index in [1.54, 1.807) is 26.6 Å². The lowest BCUT2D eigenvalue weighted by molar-refractivity contribution is 0.249. The van der Waals surface area contributed by atoms with Crippen molar-refractivity contribution < 1.29 is 19.0 Å². The highest BCUT2D eigenvalue weighted by atomic mass is 32.1. The number of pyridine rings is 1. The molecule has 4 rings (SSSR count). The van der Waals surface area contributed by atoms with Crippen LogP contribution in [0, 0.1) is 13.8 Å². The van der Waals surface area contributed by atoms with Crippen molar-refractivity contribution in [2.75, 3.05) is 19.5 Å². The van der Waals surface area contributed by atoms with Crippen molar-refractivity contribution in [2.24, 2.45) is 0 Å². The molecule has 2 N–H and O–H groups in total. The number of thiazole rings is 1. The zero-order valence-electron chi connectivity index (χ0n) is 19.6. The van der Waals surface area contributed by atoms with Crippen LogP contribution in [0.1, 0.15) is 29.1 Å². The summed E-state index contributed by atoms with van der Waals surface area (Å²) in [4.78, 5) is 21.2. The molecule has 9 heteroatoms. The molecule has 0 aliphatic carbocycles. The Labute approximate surface area is 201 Å². The summed E-state index contributed by atoms with van der Waals surface area (Å²) in [5.74, 6) is 2.52. The molecule has 0 saturated carbocycles. The summed E-state index contributed by atoms with van der Waals surface area (Å²) in [5, 5.41) is 9.37. The first-order valence-corrected chi connectivity index (χ1v) is 11.5. The first-order chi connectivity index (χ1) is 16.4. The van der Waals surface area contributed by atoms with Gasteiger partial charge in [-0.05, 0) is 56.2 Å². The van der Waals surface area contributed by atoms with Crippen molar-refractivity contribution in [3.8, 4) is 23.0 Å². The maximum atomic E-state index is 12.5. The van der Waals surface area contributed by atoms with Crippen LogP contribution in [0.5, 0.6) is 23.0 Å². The van der Waals surface area contributed by atoms with Gasteiger partial charge >= 0.3 is 6.03 Å². The van der Waals surface area contributed by atoms with Crippen molar-refractivity contribution in [2.45, 2.75) is 26.8 Å². The molecule has 0 aliphatic rings. The van der Waals surface area contributed by atoms with Crippen LogP contribution in [0.4, 0.5) is 10.5 Å². The molecular weight excluding hydrogens is 452 g/mol. The smallest absolute Gasteiger partial charge is 0.319 e. The number of hydrogen-bond acceptors (Lipinski definition) is 7. The highest BCUT2D eigenvalue weighted by Gasteiger charge is 2.15. The number of ether oxygens (including phenoxy) is 3. The first-order valence-electron chi connectivity index (χ1n) is 10.7. The molecule has 1 atom stereocenters. The van der Waals surface area contributed by atoms with E-state index in [-0.39, 0.29) is 12.1 Å². The maximum Gasteiger partial charge on any atom is 0.319 e. The summed E-state index contributed by atoms with van der Waals surface area (Å²) in [6, 6.07) is 8.80. The van der Waals surface area contributed by atoms with Crippen molar-refractivity contribution in [3.63, 3.8) is 0 Å². The topological polar surface area (TPSA) is 94.6 Å². The number of aromatic nitrogens is 2. The number of carbonyl (C=O) groups excluding carboxylic acids is 1. The Kier molecular flexibility index (Phi) is 6.83. The number of carbonyl (C=O) groups is 1. The molecule has 0 aliphatic heterocycles. The molecule has 2 aromatic carbocycles. The van der Waals surface area contributed by atoms with Gasteiger partial charge in [-0.25, -0.2) is 9.78 Å². The minimum Gasteiger partial charge on any atom is -0.493 e. The van der Waals surface area contributed by atoms with Crippen LogP contribution in [-0.4, -0.2) is 30.2 Å². The van der Waals surface area contributed by atoms with Crippen LogP contribution < -0.4 is 24.8 Å². The SMILES string of the molecule is COc1cc2nccc(Oc3cc(C)c(NC(=O)NC(C)c4nccs4)cc3C)c2cc1OC. The Morgan fingerprint density at radius 1 is 0.941 bits per heavy atom. The van der Waals surface area contributed by atoms with Crippen LogP contribution >= 0.6 is 11.3 Å². The molecule has 2 heterocycles. The van der Waals surface area contributed by atoms with Gasteiger partial charge in [-0.15, -0.1) is 11.3 Å². The second kappa shape index (κ2) is 9.96. The number of nitrogens with one attached hydrogen (secondary N) is 2. The zero-order valence-corrected chi connectivity index (χ0v) is 20.4. The number of methoxy groups -OCH3 is 2. The fraction of sp³-hybridized carbons (Fsp3) is 0.240. The van der Waals surface area contributed by atoms with Crippen molar-refractivity contribution in [1.82, 2.24) is 15.3 Å². The summed E-state index contributed by atoms with van der Waals surface area (Å²) in [7, 11) is 3.18. The number of aryl methyl sites for hydroxylation is 2. The third-order valence-corrected chi connectivity index (χ3v) is 6.32. The molecule has 1 unspecified atom stereocenters. The summed E-state index contributed by atoms with van der Waals surface area (Å²) >= 11 is 1.50. The van der Waals surface area contributed by atoms with Crippen molar-refractivity contribution in [3.05, 3.63) is 64.2 Å². The van der Waals surface area contributed by atoms with Gasteiger partial charge in [0.15, 0.2) is 11.5 Å². The standard InChI is InChI=1S/C25H26N4O4S/c1-14-11-21(15(2)10-18(14)29-25(30)28-16(3)24-27-8-9-34-24)33-20-6-7-26-19-13-23(32-5)22(31-4)12-17(19)20/h6-13,16H,1-5H3,(H2,28,29,30). The number of benzene rings is 2. The molecule has 0 fully saturated rings. The molecule has 0 saturated heterocycles. The van der Waals surface area contributed by atoms with Gasteiger partial charge in [0.1, 0.15) is 16.5 Å². The Hall–Kier alpha value is -3.85. The van der Waals surface area contributed by atoms with Gasteiger partial charge in [-0.2, -0.15) is 0 Å². The number of nitrogens with zero attached hydrogens (tertiary/aromatic N) is 2. The quantitative estimate of drug-likeness (QED) is 0.338. The molecular formula is C25H26N4O4S. The van der Waals surface area contributed by atoms with E-state index in [2.05, 4.69) is 20.6 Å². The normalized spacial score (nSPS) is 11.7. The monoisotopic (exact) mass is 478 g/mol. The number of amides is 2. The van der Waals surface area contributed by atoms with E-state index in [0.717, 1.165) is 27.0 Å². The number of fused-ring (bicyclic) bond motifs is 1.